The van der Waals surface area contributed by atoms with Crippen LogP contribution in [0.15, 0.2) is 82.8 Å². The number of halogens is 2. The van der Waals surface area contributed by atoms with Gasteiger partial charge < -0.3 is 10.1 Å². The molecule has 32 heavy (non-hydrogen) atoms. The Kier molecular flexibility index (Phi) is 7.45. The van der Waals surface area contributed by atoms with Gasteiger partial charge in [-0.05, 0) is 73.2 Å². The Morgan fingerprint density at radius 1 is 1.06 bits per heavy atom. The smallest absolute Gasteiger partial charge is 0.276 e. The Morgan fingerprint density at radius 2 is 1.75 bits per heavy atom. The summed E-state index contributed by atoms with van der Waals surface area (Å²) in [5, 5.41) is 7.17. The van der Waals surface area contributed by atoms with Gasteiger partial charge >= 0.3 is 0 Å². The van der Waals surface area contributed by atoms with E-state index in [9.17, 15) is 17.6 Å². The van der Waals surface area contributed by atoms with Crippen LogP contribution >= 0.6 is 11.6 Å². The lowest BCUT2D eigenvalue weighted by molar-refractivity contribution is -0.118. The number of sulfonamides is 1. The maximum absolute atomic E-state index is 13.0. The fraction of sp³-hybridized carbons (Fsp3) is 0.0909. The molecule has 166 valence electrons. The van der Waals surface area contributed by atoms with Gasteiger partial charge in [0.1, 0.15) is 11.6 Å². The third-order valence-corrected chi connectivity index (χ3v) is 5.68. The average molecular weight is 476 g/mol. The van der Waals surface area contributed by atoms with Crippen molar-refractivity contribution in [2.45, 2.75) is 11.8 Å². The molecule has 0 fully saturated rings. The molecule has 0 unspecified atom stereocenters. The van der Waals surface area contributed by atoms with Crippen molar-refractivity contribution >= 4 is 38.9 Å². The van der Waals surface area contributed by atoms with Crippen LogP contribution in [0.1, 0.15) is 12.5 Å². The zero-order valence-electron chi connectivity index (χ0n) is 16.9. The van der Waals surface area contributed by atoms with E-state index in [1.165, 1.54) is 0 Å². The minimum atomic E-state index is -3.94. The minimum Gasteiger partial charge on any atom is -0.484 e. The molecule has 0 saturated carbocycles. The van der Waals surface area contributed by atoms with Crippen LogP contribution in [0.3, 0.4) is 0 Å². The second kappa shape index (κ2) is 10.3. The van der Waals surface area contributed by atoms with Gasteiger partial charge in [-0.3, -0.25) is 4.79 Å². The molecule has 0 radical (unpaired) electrons. The molecule has 0 atom stereocenters. The molecule has 3 aromatic rings. The number of rotatable bonds is 8. The zero-order valence-corrected chi connectivity index (χ0v) is 18.5. The van der Waals surface area contributed by atoms with Crippen molar-refractivity contribution in [1.82, 2.24) is 4.83 Å². The highest BCUT2D eigenvalue weighted by Gasteiger charge is 2.13. The Balaban J connectivity index is 1.62. The van der Waals surface area contributed by atoms with Gasteiger partial charge in [0.15, 0.2) is 6.61 Å². The van der Waals surface area contributed by atoms with E-state index in [4.69, 9.17) is 16.3 Å². The molecule has 0 aliphatic carbocycles. The first-order chi connectivity index (χ1) is 15.2. The van der Waals surface area contributed by atoms with E-state index in [0.29, 0.717) is 27.7 Å². The third-order valence-electron chi connectivity index (χ3n) is 4.21. The van der Waals surface area contributed by atoms with E-state index < -0.39 is 15.8 Å². The predicted octanol–water partition coefficient (Wildman–Crippen LogP) is 4.20. The lowest BCUT2D eigenvalue weighted by Gasteiger charge is -2.09. The number of ether oxygens (including phenoxy) is 1. The summed E-state index contributed by atoms with van der Waals surface area (Å²) in [5.74, 6) is -0.403. The van der Waals surface area contributed by atoms with Crippen LogP contribution in [-0.4, -0.2) is 26.6 Å². The summed E-state index contributed by atoms with van der Waals surface area (Å²) in [6, 6.07) is 17.7. The van der Waals surface area contributed by atoms with E-state index in [1.54, 1.807) is 55.5 Å². The van der Waals surface area contributed by atoms with Gasteiger partial charge in [0.05, 0.1) is 10.6 Å². The molecular formula is C22H19ClFN3O4S. The Morgan fingerprint density at radius 3 is 2.44 bits per heavy atom. The summed E-state index contributed by atoms with van der Waals surface area (Å²) in [5.41, 5.74) is 1.44. The monoisotopic (exact) mass is 475 g/mol. The van der Waals surface area contributed by atoms with Crippen LogP contribution in [0.25, 0.3) is 0 Å². The SMILES string of the molecule is C/C(=N\NS(=O)(=O)c1ccc(F)cc1)c1cccc(NC(=O)COc2ccc(Cl)cc2)c1. The summed E-state index contributed by atoms with van der Waals surface area (Å²) in [6.07, 6.45) is 0. The summed E-state index contributed by atoms with van der Waals surface area (Å²) in [7, 11) is -3.94. The molecule has 7 nitrogen and oxygen atoms in total. The molecular weight excluding hydrogens is 457 g/mol. The third kappa shape index (κ3) is 6.53. The number of amides is 1. The van der Waals surface area contributed by atoms with Crippen LogP contribution < -0.4 is 14.9 Å². The van der Waals surface area contributed by atoms with E-state index >= 15 is 0 Å². The molecule has 0 bridgehead atoms. The van der Waals surface area contributed by atoms with E-state index in [2.05, 4.69) is 15.2 Å². The fourth-order valence-electron chi connectivity index (χ4n) is 2.56. The first kappa shape index (κ1) is 23.2. The predicted molar refractivity (Wildman–Crippen MR) is 121 cm³/mol. The summed E-state index contributed by atoms with van der Waals surface area (Å²) in [4.78, 5) is 14.2. The maximum Gasteiger partial charge on any atom is 0.276 e. The number of hydrazone groups is 1. The highest BCUT2D eigenvalue weighted by atomic mass is 35.5. The maximum atomic E-state index is 13.0. The number of hydrogen-bond acceptors (Lipinski definition) is 5. The molecule has 3 aromatic carbocycles. The molecule has 3 rings (SSSR count). The van der Waals surface area contributed by atoms with Crippen molar-refractivity contribution in [3.05, 3.63) is 89.2 Å². The van der Waals surface area contributed by atoms with Crippen molar-refractivity contribution < 1.29 is 22.3 Å². The molecule has 1 amide bonds. The topological polar surface area (TPSA) is 96.9 Å². The van der Waals surface area contributed by atoms with Crippen molar-refractivity contribution in [2.75, 3.05) is 11.9 Å². The van der Waals surface area contributed by atoms with Crippen LogP contribution in [0.4, 0.5) is 10.1 Å². The van der Waals surface area contributed by atoms with Crippen LogP contribution in [0.5, 0.6) is 5.75 Å². The number of carbonyl (C=O) groups excluding carboxylic acids is 1. The van der Waals surface area contributed by atoms with Gasteiger partial charge in [-0.2, -0.15) is 18.4 Å². The van der Waals surface area contributed by atoms with Gasteiger partial charge in [0.25, 0.3) is 15.9 Å². The second-order valence-corrected chi connectivity index (χ2v) is 8.71. The van der Waals surface area contributed by atoms with Crippen molar-refractivity contribution in [1.29, 1.82) is 0 Å². The summed E-state index contributed by atoms with van der Waals surface area (Å²) in [6.45, 7) is 1.41. The number of benzene rings is 3. The first-order valence-electron chi connectivity index (χ1n) is 9.33. The van der Waals surface area contributed by atoms with Crippen LogP contribution in [-0.2, 0) is 14.8 Å². The molecule has 0 aliphatic heterocycles. The largest absolute Gasteiger partial charge is 0.484 e. The molecule has 0 aromatic heterocycles. The number of carbonyl (C=O) groups is 1. The Bertz CT molecular complexity index is 1230. The van der Waals surface area contributed by atoms with Gasteiger partial charge in [-0.25, -0.2) is 4.39 Å². The van der Waals surface area contributed by atoms with Gasteiger partial charge in [0, 0.05) is 10.7 Å². The minimum absolute atomic E-state index is 0.114. The first-order valence-corrected chi connectivity index (χ1v) is 11.2. The van der Waals surface area contributed by atoms with Gasteiger partial charge in [0.2, 0.25) is 0 Å². The van der Waals surface area contributed by atoms with E-state index in [0.717, 1.165) is 24.3 Å². The second-order valence-electron chi connectivity index (χ2n) is 6.62. The molecule has 0 saturated heterocycles. The number of anilines is 1. The number of hydrogen-bond donors (Lipinski definition) is 2. The quantitative estimate of drug-likeness (QED) is 0.377. The van der Waals surface area contributed by atoms with Gasteiger partial charge in [-0.15, -0.1) is 0 Å². The Hall–Kier alpha value is -3.43. The summed E-state index contributed by atoms with van der Waals surface area (Å²) >= 11 is 5.81. The van der Waals surface area contributed by atoms with Crippen molar-refractivity contribution in [2.24, 2.45) is 5.10 Å². The van der Waals surface area contributed by atoms with Gasteiger partial charge in [-0.1, -0.05) is 23.7 Å². The molecule has 0 spiro atoms. The highest BCUT2D eigenvalue weighted by Crippen LogP contribution is 2.16. The number of nitrogens with zero attached hydrogens (tertiary/aromatic N) is 1. The van der Waals surface area contributed by atoms with Crippen molar-refractivity contribution in [3.63, 3.8) is 0 Å². The molecule has 2 N–H and O–H groups in total. The molecule has 0 aliphatic rings. The lowest BCUT2D eigenvalue weighted by Crippen LogP contribution is -2.21. The fourth-order valence-corrected chi connectivity index (χ4v) is 3.54. The average Bonchev–Trinajstić information content (AvgIpc) is 2.77. The van der Waals surface area contributed by atoms with E-state index in [1.807, 2.05) is 0 Å². The van der Waals surface area contributed by atoms with E-state index in [-0.39, 0.29) is 17.4 Å². The molecule has 0 heterocycles. The standard InChI is InChI=1S/C22H19ClFN3O4S/c1-15(26-27-32(29,30)21-11-7-18(24)8-12-21)16-3-2-4-19(13-16)25-22(28)14-31-20-9-5-17(23)6-10-20/h2-13,27H,14H2,1H3,(H,25,28)/b26-15+. The molecule has 10 heteroatoms. The number of nitrogens with one attached hydrogen (secondary N) is 2. The lowest BCUT2D eigenvalue weighted by atomic mass is 10.1. The zero-order chi connectivity index (χ0) is 23.1. The normalized spacial score (nSPS) is 11.7. The van der Waals surface area contributed by atoms with Crippen molar-refractivity contribution in [3.8, 4) is 5.75 Å². The van der Waals surface area contributed by atoms with Crippen LogP contribution in [0.2, 0.25) is 5.02 Å². The highest BCUT2D eigenvalue weighted by molar-refractivity contribution is 7.89. The Labute approximate surface area is 189 Å². The summed E-state index contributed by atoms with van der Waals surface area (Å²) < 4.78 is 43.0. The van der Waals surface area contributed by atoms with Crippen LogP contribution in [0, 0.1) is 5.82 Å².